The van der Waals surface area contributed by atoms with Crippen molar-refractivity contribution in [3.8, 4) is 0 Å². The van der Waals surface area contributed by atoms with Crippen molar-refractivity contribution in [3.05, 3.63) is 77.4 Å². The molecule has 0 unspecified atom stereocenters. The van der Waals surface area contributed by atoms with Crippen molar-refractivity contribution in [1.29, 1.82) is 0 Å². The summed E-state index contributed by atoms with van der Waals surface area (Å²) in [5, 5.41) is 9.50. The van der Waals surface area contributed by atoms with E-state index in [1.165, 1.54) is 5.56 Å². The lowest BCUT2D eigenvalue weighted by molar-refractivity contribution is -0.110. The van der Waals surface area contributed by atoms with Gasteiger partial charge in [-0.2, -0.15) is 5.10 Å². The Morgan fingerprint density at radius 1 is 1.00 bits per heavy atom. The number of nitrogens with two attached hydrogens (primary N) is 1. The number of anilines is 1. The number of hydrogen-bond acceptors (Lipinski definition) is 7. The fourth-order valence-corrected chi connectivity index (χ4v) is 3.12. The first kappa shape index (κ1) is 37.5. The molecule has 0 spiro atoms. The highest BCUT2D eigenvalue weighted by Gasteiger charge is 2.05. The second kappa shape index (κ2) is 23.2. The zero-order valence-electron chi connectivity index (χ0n) is 25.2. The summed E-state index contributed by atoms with van der Waals surface area (Å²) in [7, 11) is 1.71. The second-order valence-electron chi connectivity index (χ2n) is 9.57. The fraction of sp³-hybridized carbons (Fsp3) is 0.387. The molecule has 11 heteroatoms. The van der Waals surface area contributed by atoms with E-state index in [9.17, 15) is 14.4 Å². The van der Waals surface area contributed by atoms with Crippen LogP contribution in [0.25, 0.3) is 0 Å². The molecule has 2 aromatic carbocycles. The number of ether oxygens (including phenoxy) is 2. The molecule has 0 aliphatic carbocycles. The standard InChI is InChI=1S/C25H30N4O4.C5H12O.CH3NO/c1-2-33-25(32)28-23-10-5-8-21(17-23)9-6-11-24(29-27-19-31)22-14-12-20(13-15-22)7-3-4-16-26-18-30;1-5(2,3)6-4;2-1-3/h5-6,8,10-15,17-19H,2-4,7,9,16H2,1H3,(H,26,30)(H,27,31)(H,28,32);1-4H3;1H,(H2,2,3)/b11-6-,29-24+;;. The number of amides is 4. The third-order valence-corrected chi connectivity index (χ3v) is 5.30. The number of carbonyl (C=O) groups excluding carboxylic acids is 4. The van der Waals surface area contributed by atoms with Gasteiger partial charge in [0.25, 0.3) is 0 Å². The van der Waals surface area contributed by atoms with Crippen molar-refractivity contribution >= 4 is 36.7 Å². The molecule has 2 aromatic rings. The number of primary amides is 1. The number of carbonyl (C=O) groups is 4. The molecule has 0 radical (unpaired) electrons. The van der Waals surface area contributed by atoms with Gasteiger partial charge in [0.1, 0.15) is 0 Å². The normalized spacial score (nSPS) is 10.7. The minimum atomic E-state index is -0.486. The van der Waals surface area contributed by atoms with Gasteiger partial charge in [0, 0.05) is 24.9 Å². The average Bonchev–Trinajstić information content (AvgIpc) is 2.96. The summed E-state index contributed by atoms with van der Waals surface area (Å²) in [6, 6.07) is 15.5. The maximum atomic E-state index is 11.6. The molecular weight excluding hydrogens is 538 g/mol. The third kappa shape index (κ3) is 19.5. The lowest BCUT2D eigenvalue weighted by atomic mass is 10.0. The van der Waals surface area contributed by atoms with E-state index in [2.05, 4.69) is 26.9 Å². The van der Waals surface area contributed by atoms with Crippen LogP contribution < -0.4 is 21.8 Å². The summed E-state index contributed by atoms with van der Waals surface area (Å²) < 4.78 is 9.84. The molecule has 0 saturated heterocycles. The zero-order chi connectivity index (χ0) is 31.6. The molecule has 0 aromatic heterocycles. The van der Waals surface area contributed by atoms with Crippen LogP contribution in [0.15, 0.2) is 65.8 Å². The van der Waals surface area contributed by atoms with Crippen molar-refractivity contribution in [2.75, 3.05) is 25.6 Å². The van der Waals surface area contributed by atoms with Gasteiger partial charge in [0.05, 0.1) is 17.9 Å². The Kier molecular flexibility index (Phi) is 20.7. The summed E-state index contributed by atoms with van der Waals surface area (Å²) in [4.78, 5) is 41.2. The molecule has 5 N–H and O–H groups in total. The van der Waals surface area contributed by atoms with Crippen molar-refractivity contribution in [2.45, 2.75) is 59.0 Å². The average molecular weight is 584 g/mol. The number of nitrogens with zero attached hydrogens (tertiary/aromatic N) is 1. The van der Waals surface area contributed by atoms with Gasteiger partial charge in [-0.1, -0.05) is 42.5 Å². The molecular formula is C31H45N5O6. The van der Waals surface area contributed by atoms with E-state index in [0.29, 0.717) is 43.8 Å². The van der Waals surface area contributed by atoms with Crippen LogP contribution in [0, 0.1) is 0 Å². The quantitative estimate of drug-likeness (QED) is 0.113. The summed E-state index contributed by atoms with van der Waals surface area (Å²) >= 11 is 0. The summed E-state index contributed by atoms with van der Waals surface area (Å²) in [6.45, 7) is 8.81. The van der Waals surface area contributed by atoms with Gasteiger partial charge in [-0.05, 0) is 82.7 Å². The topological polar surface area (TPSA) is 161 Å². The number of unbranched alkanes of at least 4 members (excludes halogenated alkanes) is 1. The molecule has 0 fully saturated rings. The maximum absolute atomic E-state index is 11.6. The first-order valence-electron chi connectivity index (χ1n) is 13.6. The van der Waals surface area contributed by atoms with E-state index in [-0.39, 0.29) is 12.0 Å². The number of methoxy groups -OCH3 is 1. The predicted octanol–water partition coefficient (Wildman–Crippen LogP) is 4.11. The van der Waals surface area contributed by atoms with Crippen molar-refractivity contribution in [2.24, 2.45) is 10.8 Å². The lowest BCUT2D eigenvalue weighted by Crippen LogP contribution is -2.15. The number of hydrazone groups is 1. The minimum Gasteiger partial charge on any atom is -0.450 e. The zero-order valence-corrected chi connectivity index (χ0v) is 25.2. The van der Waals surface area contributed by atoms with Gasteiger partial charge in [-0.25, -0.2) is 10.2 Å². The first-order chi connectivity index (χ1) is 20.1. The van der Waals surface area contributed by atoms with Gasteiger partial charge in [-0.15, -0.1) is 0 Å². The molecule has 0 aliphatic heterocycles. The van der Waals surface area contributed by atoms with E-state index in [1.807, 2.05) is 75.4 Å². The molecule has 11 nitrogen and oxygen atoms in total. The number of rotatable bonds is 14. The minimum absolute atomic E-state index is 0.0417. The van der Waals surface area contributed by atoms with Crippen molar-refractivity contribution < 1.29 is 28.7 Å². The Morgan fingerprint density at radius 3 is 2.24 bits per heavy atom. The van der Waals surface area contributed by atoms with E-state index in [4.69, 9.17) is 14.3 Å². The van der Waals surface area contributed by atoms with Crippen LogP contribution in [0.1, 0.15) is 57.2 Å². The van der Waals surface area contributed by atoms with Gasteiger partial charge in [0.15, 0.2) is 0 Å². The Hall–Kier alpha value is -4.51. The van der Waals surface area contributed by atoms with Crippen LogP contribution in [0.4, 0.5) is 10.5 Å². The molecule has 42 heavy (non-hydrogen) atoms. The molecule has 0 atom stereocenters. The summed E-state index contributed by atoms with van der Waals surface area (Å²) in [5.41, 5.74) is 10.9. The SMILES string of the molecule is CCOC(=O)Nc1cccc(C/C=C\C(=N/NC=O)c2ccc(CCCCNC=O)cc2)c1.COC(C)(C)C.NC=O. The predicted molar refractivity (Wildman–Crippen MR) is 166 cm³/mol. The molecule has 0 heterocycles. The summed E-state index contributed by atoms with van der Waals surface area (Å²) in [6.07, 6.45) is 8.25. The molecule has 0 saturated carbocycles. The van der Waals surface area contributed by atoms with Crippen molar-refractivity contribution in [1.82, 2.24) is 10.7 Å². The van der Waals surface area contributed by atoms with Crippen LogP contribution in [0.2, 0.25) is 0 Å². The fourth-order valence-electron chi connectivity index (χ4n) is 3.12. The van der Waals surface area contributed by atoms with Crippen molar-refractivity contribution in [3.63, 3.8) is 0 Å². The number of benzene rings is 2. The van der Waals surface area contributed by atoms with Crippen LogP contribution >= 0.6 is 0 Å². The van der Waals surface area contributed by atoms with E-state index < -0.39 is 6.09 Å². The van der Waals surface area contributed by atoms with Gasteiger partial charge in [-0.3, -0.25) is 19.7 Å². The molecule has 0 aliphatic rings. The highest BCUT2D eigenvalue weighted by atomic mass is 16.5. The van der Waals surface area contributed by atoms with Crippen LogP contribution in [-0.2, 0) is 36.7 Å². The smallest absolute Gasteiger partial charge is 0.411 e. The Morgan fingerprint density at radius 2 is 1.67 bits per heavy atom. The van der Waals surface area contributed by atoms with E-state index in [0.717, 1.165) is 30.4 Å². The third-order valence-electron chi connectivity index (χ3n) is 5.30. The highest BCUT2D eigenvalue weighted by Crippen LogP contribution is 2.13. The van der Waals surface area contributed by atoms with E-state index >= 15 is 0 Å². The largest absolute Gasteiger partial charge is 0.450 e. The molecule has 2 rings (SSSR count). The summed E-state index contributed by atoms with van der Waals surface area (Å²) in [5.74, 6) is 0. The highest BCUT2D eigenvalue weighted by molar-refractivity contribution is 6.08. The number of hydrogen-bond donors (Lipinski definition) is 4. The monoisotopic (exact) mass is 583 g/mol. The molecule has 0 bridgehead atoms. The Labute approximate surface area is 248 Å². The van der Waals surface area contributed by atoms with Crippen LogP contribution in [-0.4, -0.2) is 56.9 Å². The number of nitrogens with one attached hydrogen (secondary N) is 3. The second-order valence-corrected chi connectivity index (χ2v) is 9.57. The van der Waals surface area contributed by atoms with Gasteiger partial charge in [0.2, 0.25) is 19.2 Å². The van der Waals surface area contributed by atoms with E-state index in [1.54, 1.807) is 20.1 Å². The molecule has 4 amide bonds. The number of allylic oxidation sites excluding steroid dienone is 2. The van der Waals surface area contributed by atoms with Gasteiger partial charge >= 0.3 is 6.09 Å². The Balaban J connectivity index is 0.00000163. The Bertz CT molecular complexity index is 1110. The lowest BCUT2D eigenvalue weighted by Gasteiger charge is -2.14. The van der Waals surface area contributed by atoms with Gasteiger partial charge < -0.3 is 20.5 Å². The van der Waals surface area contributed by atoms with Crippen LogP contribution in [0.3, 0.4) is 0 Å². The maximum Gasteiger partial charge on any atom is 0.411 e. The number of aryl methyl sites for hydroxylation is 1. The first-order valence-corrected chi connectivity index (χ1v) is 13.6. The molecule has 230 valence electrons. The van der Waals surface area contributed by atoms with Crippen LogP contribution in [0.5, 0.6) is 0 Å².